The van der Waals surface area contributed by atoms with E-state index < -0.39 is 5.97 Å². The fraction of sp³-hybridized carbons (Fsp3) is 0.727. The number of hydrogen-bond donors (Lipinski definition) is 1. The summed E-state index contributed by atoms with van der Waals surface area (Å²) in [5.41, 5.74) is 0. The number of rotatable bonds is 9. The van der Waals surface area contributed by atoms with Crippen molar-refractivity contribution in [3.63, 3.8) is 0 Å². The van der Waals surface area contributed by atoms with Gasteiger partial charge in [0.05, 0.1) is 0 Å². The summed E-state index contributed by atoms with van der Waals surface area (Å²) >= 11 is 0. The summed E-state index contributed by atoms with van der Waals surface area (Å²) in [6.45, 7) is 3.66. The highest BCUT2D eigenvalue weighted by atomic mass is 35.5. The normalized spacial score (nSPS) is 9.14. The molecule has 0 heterocycles. The van der Waals surface area contributed by atoms with Gasteiger partial charge in [-0.05, 0) is 19.3 Å². The summed E-state index contributed by atoms with van der Waals surface area (Å²) in [6.07, 6.45) is 10.1. The topological polar surface area (TPSA) is 37.3 Å². The molecule has 0 aliphatic rings. The molecule has 2 nitrogen and oxygen atoms in total. The van der Waals surface area contributed by atoms with E-state index in [0.717, 1.165) is 19.3 Å². The average Bonchev–Trinajstić information content (AvgIpc) is 2.09. The molecule has 0 radical (unpaired) electrons. The standard InChI is InChI=1S/C11H20O2.ClH/c1-2-3-4-5-6-7-8-9-10-11(12)13;/h2H,1,3-10H2,(H,12,13);1H. The molecule has 0 aromatic rings. The Morgan fingerprint density at radius 1 is 1.07 bits per heavy atom. The molecule has 0 spiro atoms. The van der Waals surface area contributed by atoms with E-state index in [1.54, 1.807) is 0 Å². The first-order chi connectivity index (χ1) is 6.27. The van der Waals surface area contributed by atoms with Crippen molar-refractivity contribution in [2.75, 3.05) is 0 Å². The van der Waals surface area contributed by atoms with Crippen molar-refractivity contribution in [3.05, 3.63) is 12.7 Å². The summed E-state index contributed by atoms with van der Waals surface area (Å²) in [5, 5.41) is 8.38. The third kappa shape index (κ3) is 14.0. The van der Waals surface area contributed by atoms with Crippen molar-refractivity contribution in [2.45, 2.75) is 51.4 Å². The maximum Gasteiger partial charge on any atom is 0.303 e. The maximum absolute atomic E-state index is 10.2. The Kier molecular flexibility index (Phi) is 14.2. The average molecular weight is 221 g/mol. The second-order valence-electron chi connectivity index (χ2n) is 3.34. The fourth-order valence-electron chi connectivity index (χ4n) is 1.27. The minimum absolute atomic E-state index is 0. The Hall–Kier alpha value is -0.500. The minimum atomic E-state index is -0.674. The zero-order chi connectivity index (χ0) is 9.94. The second kappa shape index (κ2) is 12.5. The predicted octanol–water partition coefficient (Wildman–Crippen LogP) is 3.80. The Morgan fingerprint density at radius 2 is 1.57 bits per heavy atom. The first-order valence-electron chi connectivity index (χ1n) is 5.10. The van der Waals surface area contributed by atoms with Crippen LogP contribution in [0.15, 0.2) is 12.7 Å². The third-order valence-electron chi connectivity index (χ3n) is 2.05. The van der Waals surface area contributed by atoms with Gasteiger partial charge in [0.2, 0.25) is 0 Å². The molecule has 0 aliphatic heterocycles. The molecule has 0 bridgehead atoms. The Morgan fingerprint density at radius 3 is 2.07 bits per heavy atom. The van der Waals surface area contributed by atoms with Crippen LogP contribution in [0.5, 0.6) is 0 Å². The van der Waals surface area contributed by atoms with Gasteiger partial charge in [0.15, 0.2) is 0 Å². The highest BCUT2D eigenvalue weighted by Gasteiger charge is 1.95. The van der Waals surface area contributed by atoms with Gasteiger partial charge in [-0.15, -0.1) is 19.0 Å². The number of aliphatic carboxylic acids is 1. The van der Waals surface area contributed by atoms with Gasteiger partial charge in [0.25, 0.3) is 0 Å². The molecule has 0 saturated carbocycles. The van der Waals surface area contributed by atoms with Crippen molar-refractivity contribution in [3.8, 4) is 0 Å². The predicted molar refractivity (Wildman–Crippen MR) is 62.0 cm³/mol. The molecule has 0 amide bonds. The SMILES string of the molecule is C=CCCCCCCCCC(=O)O.Cl. The van der Waals surface area contributed by atoms with Crippen LogP contribution in [0.2, 0.25) is 0 Å². The number of unbranched alkanes of at least 4 members (excludes halogenated alkanes) is 6. The molecule has 0 aromatic carbocycles. The zero-order valence-electron chi connectivity index (χ0n) is 8.71. The Balaban J connectivity index is 0. The van der Waals surface area contributed by atoms with E-state index in [9.17, 15) is 4.79 Å². The first kappa shape index (κ1) is 15.9. The van der Waals surface area contributed by atoms with Gasteiger partial charge in [-0.3, -0.25) is 4.79 Å². The molecule has 0 atom stereocenters. The molecule has 0 aliphatic carbocycles. The summed E-state index contributed by atoms with van der Waals surface area (Å²) in [4.78, 5) is 10.2. The van der Waals surface area contributed by atoms with Crippen LogP contribution in [-0.4, -0.2) is 11.1 Å². The minimum Gasteiger partial charge on any atom is -0.481 e. The first-order valence-corrected chi connectivity index (χ1v) is 5.10. The lowest BCUT2D eigenvalue weighted by Gasteiger charge is -1.98. The lowest BCUT2D eigenvalue weighted by molar-refractivity contribution is -0.137. The monoisotopic (exact) mass is 220 g/mol. The van der Waals surface area contributed by atoms with Gasteiger partial charge in [-0.25, -0.2) is 0 Å². The molecular weight excluding hydrogens is 200 g/mol. The van der Waals surface area contributed by atoms with Gasteiger partial charge in [-0.2, -0.15) is 0 Å². The maximum atomic E-state index is 10.2. The summed E-state index contributed by atoms with van der Waals surface area (Å²) < 4.78 is 0. The van der Waals surface area contributed by atoms with Crippen LogP contribution >= 0.6 is 12.4 Å². The fourth-order valence-corrected chi connectivity index (χ4v) is 1.27. The number of allylic oxidation sites excluding steroid dienone is 1. The van der Waals surface area contributed by atoms with Gasteiger partial charge >= 0.3 is 5.97 Å². The summed E-state index contributed by atoms with van der Waals surface area (Å²) in [7, 11) is 0. The number of hydrogen-bond acceptors (Lipinski definition) is 1. The van der Waals surface area contributed by atoms with E-state index in [0.29, 0.717) is 6.42 Å². The highest BCUT2D eigenvalue weighted by molar-refractivity contribution is 5.85. The van der Waals surface area contributed by atoms with Crippen LogP contribution in [-0.2, 0) is 4.79 Å². The Labute approximate surface area is 92.8 Å². The smallest absolute Gasteiger partial charge is 0.303 e. The van der Waals surface area contributed by atoms with Crippen LogP contribution in [0.3, 0.4) is 0 Å². The quantitative estimate of drug-likeness (QED) is 0.474. The lowest BCUT2D eigenvalue weighted by Crippen LogP contribution is -1.93. The number of halogens is 1. The number of carboxylic acids is 1. The van der Waals surface area contributed by atoms with E-state index in [1.807, 2.05) is 6.08 Å². The molecule has 0 fully saturated rings. The van der Waals surface area contributed by atoms with Gasteiger partial charge < -0.3 is 5.11 Å². The van der Waals surface area contributed by atoms with E-state index in [4.69, 9.17) is 5.11 Å². The van der Waals surface area contributed by atoms with Crippen molar-refractivity contribution in [1.82, 2.24) is 0 Å². The molecule has 0 aromatic heterocycles. The molecule has 1 N–H and O–H groups in total. The van der Waals surface area contributed by atoms with Gasteiger partial charge in [0, 0.05) is 6.42 Å². The lowest BCUT2D eigenvalue weighted by atomic mass is 10.1. The van der Waals surface area contributed by atoms with Crippen molar-refractivity contribution in [2.24, 2.45) is 0 Å². The van der Waals surface area contributed by atoms with Gasteiger partial charge in [-0.1, -0.05) is 31.8 Å². The Bertz CT molecular complexity index is 146. The number of carboxylic acid groups (broad SMARTS) is 1. The van der Waals surface area contributed by atoms with Crippen LogP contribution < -0.4 is 0 Å². The van der Waals surface area contributed by atoms with E-state index in [2.05, 4.69) is 6.58 Å². The van der Waals surface area contributed by atoms with Crippen molar-refractivity contribution in [1.29, 1.82) is 0 Å². The van der Waals surface area contributed by atoms with Crippen LogP contribution in [0.4, 0.5) is 0 Å². The second-order valence-corrected chi connectivity index (χ2v) is 3.34. The summed E-state index contributed by atoms with van der Waals surface area (Å²) in [6, 6.07) is 0. The van der Waals surface area contributed by atoms with Gasteiger partial charge in [0.1, 0.15) is 0 Å². The van der Waals surface area contributed by atoms with E-state index in [-0.39, 0.29) is 12.4 Å². The van der Waals surface area contributed by atoms with Crippen LogP contribution in [0.1, 0.15) is 51.4 Å². The van der Waals surface area contributed by atoms with Crippen molar-refractivity contribution >= 4 is 18.4 Å². The molecule has 0 saturated heterocycles. The largest absolute Gasteiger partial charge is 0.481 e. The van der Waals surface area contributed by atoms with Crippen LogP contribution in [0, 0.1) is 0 Å². The zero-order valence-corrected chi connectivity index (χ0v) is 9.52. The van der Waals surface area contributed by atoms with Crippen molar-refractivity contribution < 1.29 is 9.90 Å². The van der Waals surface area contributed by atoms with Crippen LogP contribution in [0.25, 0.3) is 0 Å². The molecule has 3 heteroatoms. The highest BCUT2D eigenvalue weighted by Crippen LogP contribution is 2.08. The molecule has 14 heavy (non-hydrogen) atoms. The van der Waals surface area contributed by atoms with E-state index in [1.165, 1.54) is 25.7 Å². The molecular formula is C11H21ClO2. The summed E-state index contributed by atoms with van der Waals surface area (Å²) in [5.74, 6) is -0.674. The third-order valence-corrected chi connectivity index (χ3v) is 2.05. The molecule has 0 unspecified atom stereocenters. The van der Waals surface area contributed by atoms with E-state index >= 15 is 0 Å². The molecule has 84 valence electrons. The molecule has 0 rings (SSSR count). The number of carbonyl (C=O) groups is 1.